The molecule has 3 heterocycles. The standard InChI is InChI=1S/C16H14N2O3S.C6H8N2O8/c1-11-15(12-7-9-14(10-8-12)22(17,19)20)16(18-21-11)13-5-3-2-4-6-13;9-7(10)15-3-1-13-6-4(16-8(11)12)2-14-5(3)6/h2-10H,1H3,(H2,17,19,20);3-6H,1-2H2/t;3-,4+,5-,6-/m.1/s1. The lowest BCUT2D eigenvalue weighted by Gasteiger charge is -2.13. The summed E-state index contributed by atoms with van der Waals surface area (Å²) in [6.07, 6.45) is -3.12. The maximum atomic E-state index is 11.3. The zero-order valence-electron chi connectivity index (χ0n) is 19.7. The molecular weight excluding hydrogens is 528 g/mol. The van der Waals surface area contributed by atoms with Gasteiger partial charge in [-0.2, -0.15) is 0 Å². The lowest BCUT2D eigenvalue weighted by atomic mass is 10.00. The van der Waals surface area contributed by atoms with Gasteiger partial charge in [-0.05, 0) is 24.6 Å². The first-order valence-corrected chi connectivity index (χ1v) is 12.6. The van der Waals surface area contributed by atoms with Crippen LogP contribution in [0.2, 0.25) is 0 Å². The van der Waals surface area contributed by atoms with Gasteiger partial charge >= 0.3 is 0 Å². The van der Waals surface area contributed by atoms with E-state index >= 15 is 0 Å². The zero-order valence-corrected chi connectivity index (χ0v) is 20.6. The molecule has 2 saturated heterocycles. The van der Waals surface area contributed by atoms with Crippen LogP contribution in [0.15, 0.2) is 64.0 Å². The van der Waals surface area contributed by atoms with E-state index in [4.69, 9.17) is 19.1 Å². The minimum atomic E-state index is -3.70. The van der Waals surface area contributed by atoms with Gasteiger partial charge < -0.3 is 23.7 Å². The molecule has 0 unspecified atom stereocenters. The van der Waals surface area contributed by atoms with Crippen molar-refractivity contribution in [3.05, 3.63) is 80.6 Å². The molecule has 2 aromatic carbocycles. The van der Waals surface area contributed by atoms with Crippen molar-refractivity contribution in [3.8, 4) is 22.4 Å². The van der Waals surface area contributed by atoms with Gasteiger partial charge in [0.25, 0.3) is 10.2 Å². The van der Waals surface area contributed by atoms with Gasteiger partial charge in [-0.15, -0.1) is 20.2 Å². The van der Waals surface area contributed by atoms with E-state index in [1.165, 1.54) is 12.1 Å². The van der Waals surface area contributed by atoms with E-state index in [9.17, 15) is 28.6 Å². The van der Waals surface area contributed by atoms with Gasteiger partial charge in [-0.25, -0.2) is 13.6 Å². The summed E-state index contributed by atoms with van der Waals surface area (Å²) in [6.45, 7) is 1.73. The summed E-state index contributed by atoms with van der Waals surface area (Å²) in [4.78, 5) is 29.0. The van der Waals surface area contributed by atoms with Crippen molar-refractivity contribution < 1.29 is 42.3 Å². The van der Waals surface area contributed by atoms with Crippen LogP contribution < -0.4 is 5.14 Å². The first-order chi connectivity index (χ1) is 18.0. The van der Waals surface area contributed by atoms with E-state index in [1.54, 1.807) is 12.1 Å². The number of rotatable bonds is 7. The molecule has 0 radical (unpaired) electrons. The fourth-order valence-electron chi connectivity index (χ4n) is 4.15. The molecule has 16 heteroatoms. The van der Waals surface area contributed by atoms with Crippen molar-refractivity contribution in [2.75, 3.05) is 13.2 Å². The molecule has 15 nitrogen and oxygen atoms in total. The third kappa shape index (κ3) is 6.05. The molecule has 2 fully saturated rings. The van der Waals surface area contributed by atoms with Crippen LogP contribution in [0.3, 0.4) is 0 Å². The summed E-state index contributed by atoms with van der Waals surface area (Å²) in [7, 11) is -3.70. The Morgan fingerprint density at radius 1 is 0.895 bits per heavy atom. The van der Waals surface area contributed by atoms with Gasteiger partial charge in [0.15, 0.2) is 12.2 Å². The molecule has 2 aliphatic rings. The van der Waals surface area contributed by atoms with Gasteiger partial charge in [-0.3, -0.25) is 0 Å². The molecule has 202 valence electrons. The predicted molar refractivity (Wildman–Crippen MR) is 127 cm³/mol. The second-order valence-electron chi connectivity index (χ2n) is 8.23. The fourth-order valence-corrected chi connectivity index (χ4v) is 4.66. The lowest BCUT2D eigenvalue weighted by molar-refractivity contribution is -0.769. The quantitative estimate of drug-likeness (QED) is 0.330. The molecular formula is C22H22N4O11S. The van der Waals surface area contributed by atoms with Crippen LogP contribution in [0.4, 0.5) is 0 Å². The number of nitrogens with two attached hydrogens (primary N) is 1. The molecule has 5 rings (SSSR count). The minimum absolute atomic E-state index is 0.0477. The maximum absolute atomic E-state index is 11.3. The SMILES string of the molecule is Cc1onc(-c2ccccc2)c1-c1ccc(S(N)(=O)=O)cc1.O=[N+]([O-])O[C@H]1CO[C@H]2[C@@H]1OC[C@H]2O[N+](=O)[O-]. The molecule has 0 bridgehead atoms. The molecule has 3 aromatic rings. The number of sulfonamides is 1. The number of primary sulfonamides is 1. The minimum Gasteiger partial charge on any atom is -0.371 e. The normalized spacial score (nSPS) is 22.2. The second kappa shape index (κ2) is 11.1. The van der Waals surface area contributed by atoms with Crippen molar-refractivity contribution in [2.45, 2.75) is 36.2 Å². The van der Waals surface area contributed by atoms with Crippen LogP contribution in [0, 0.1) is 27.2 Å². The molecule has 0 aliphatic carbocycles. The van der Waals surface area contributed by atoms with Crippen LogP contribution in [-0.4, -0.2) is 61.4 Å². The van der Waals surface area contributed by atoms with Gasteiger partial charge in [0.05, 0.1) is 23.7 Å². The topological polar surface area (TPSA) is 209 Å². The maximum Gasteiger partial charge on any atom is 0.294 e. The predicted octanol–water partition coefficient (Wildman–Crippen LogP) is 1.90. The molecule has 0 saturated carbocycles. The summed E-state index contributed by atoms with van der Waals surface area (Å²) < 4.78 is 38.2. The molecule has 2 aliphatic heterocycles. The van der Waals surface area contributed by atoms with Gasteiger partial charge in [0.2, 0.25) is 10.0 Å². The zero-order chi connectivity index (χ0) is 27.4. The highest BCUT2D eigenvalue weighted by molar-refractivity contribution is 7.89. The van der Waals surface area contributed by atoms with Crippen molar-refractivity contribution in [1.29, 1.82) is 0 Å². The van der Waals surface area contributed by atoms with Crippen LogP contribution in [0.25, 0.3) is 22.4 Å². The Hall–Kier alpha value is -4.12. The van der Waals surface area contributed by atoms with E-state index in [1.807, 2.05) is 37.3 Å². The van der Waals surface area contributed by atoms with Gasteiger partial charge in [-0.1, -0.05) is 47.6 Å². The summed E-state index contributed by atoms with van der Waals surface area (Å²) in [5, 5.41) is 27.6. The number of aryl methyl sites for hydroxylation is 1. The number of ether oxygens (including phenoxy) is 2. The Balaban J connectivity index is 0.000000186. The van der Waals surface area contributed by atoms with Crippen molar-refractivity contribution in [1.82, 2.24) is 5.16 Å². The van der Waals surface area contributed by atoms with Gasteiger partial charge in [0.1, 0.15) is 23.7 Å². The van der Waals surface area contributed by atoms with E-state index in [-0.39, 0.29) is 18.1 Å². The number of fused-ring (bicyclic) bond motifs is 1. The molecule has 0 amide bonds. The highest BCUT2D eigenvalue weighted by atomic mass is 32.2. The lowest BCUT2D eigenvalue weighted by Crippen LogP contribution is -2.35. The highest BCUT2D eigenvalue weighted by Gasteiger charge is 2.51. The van der Waals surface area contributed by atoms with E-state index in [2.05, 4.69) is 14.8 Å². The largest absolute Gasteiger partial charge is 0.371 e. The number of nitrogens with zero attached hydrogens (tertiary/aromatic N) is 3. The monoisotopic (exact) mass is 550 g/mol. The Morgan fingerprint density at radius 3 is 1.89 bits per heavy atom. The average molecular weight is 551 g/mol. The molecule has 4 atom stereocenters. The molecule has 0 spiro atoms. The number of benzene rings is 2. The van der Waals surface area contributed by atoms with E-state index in [0.717, 1.165) is 22.4 Å². The molecule has 38 heavy (non-hydrogen) atoms. The Bertz CT molecular complexity index is 1370. The van der Waals surface area contributed by atoms with Crippen molar-refractivity contribution >= 4 is 10.0 Å². The number of aromatic nitrogens is 1. The average Bonchev–Trinajstić information content (AvgIpc) is 3.56. The van der Waals surface area contributed by atoms with E-state index in [0.29, 0.717) is 5.76 Å². The first kappa shape index (κ1) is 26.9. The summed E-state index contributed by atoms with van der Waals surface area (Å²) in [5.74, 6) is 0.669. The Morgan fingerprint density at radius 2 is 1.42 bits per heavy atom. The highest BCUT2D eigenvalue weighted by Crippen LogP contribution is 2.34. The Labute approximate surface area is 215 Å². The third-order valence-electron chi connectivity index (χ3n) is 5.79. The van der Waals surface area contributed by atoms with Crippen molar-refractivity contribution in [2.24, 2.45) is 5.14 Å². The summed E-state index contributed by atoms with van der Waals surface area (Å²) >= 11 is 0. The van der Waals surface area contributed by atoms with Gasteiger partial charge in [0, 0.05) is 5.56 Å². The van der Waals surface area contributed by atoms with Crippen LogP contribution in [-0.2, 0) is 29.2 Å². The Kier molecular flexibility index (Phi) is 7.86. The summed E-state index contributed by atoms with van der Waals surface area (Å²) in [6, 6.07) is 16.0. The fraction of sp³-hybridized carbons (Fsp3) is 0.318. The third-order valence-corrected chi connectivity index (χ3v) is 6.72. The number of hydrogen-bond acceptors (Lipinski definition) is 12. The molecule has 2 N–H and O–H groups in total. The van der Waals surface area contributed by atoms with Crippen molar-refractivity contribution in [3.63, 3.8) is 0 Å². The summed E-state index contributed by atoms with van der Waals surface area (Å²) in [5.41, 5.74) is 3.32. The smallest absolute Gasteiger partial charge is 0.294 e. The van der Waals surface area contributed by atoms with Crippen LogP contribution in [0.5, 0.6) is 0 Å². The first-order valence-electron chi connectivity index (χ1n) is 11.0. The second-order valence-corrected chi connectivity index (χ2v) is 9.79. The number of hydrogen-bond donors (Lipinski definition) is 1. The van der Waals surface area contributed by atoms with Crippen LogP contribution >= 0.6 is 0 Å². The van der Waals surface area contributed by atoms with E-state index < -0.39 is 44.6 Å². The molecule has 1 aromatic heterocycles. The van der Waals surface area contributed by atoms with Crippen LogP contribution in [0.1, 0.15) is 5.76 Å².